The van der Waals surface area contributed by atoms with Gasteiger partial charge in [-0.15, -0.1) is 5.10 Å². The summed E-state index contributed by atoms with van der Waals surface area (Å²) in [6.07, 6.45) is 3.21. The number of nitrogens with zero attached hydrogens (tertiary/aromatic N) is 4. The molecule has 1 unspecified atom stereocenters. The normalized spacial score (nSPS) is 12.8. The molecule has 1 heterocycles. The van der Waals surface area contributed by atoms with Crippen LogP contribution in [0.4, 0.5) is 0 Å². The average Bonchev–Trinajstić information content (AvgIpc) is 2.91. The average molecular weight is 285 g/mol. The summed E-state index contributed by atoms with van der Waals surface area (Å²) < 4.78 is 12.4. The minimum atomic E-state index is 0.112. The molecule has 1 atom stereocenters. The highest BCUT2D eigenvalue weighted by Crippen LogP contribution is 2.07. The van der Waals surface area contributed by atoms with Gasteiger partial charge in [0.1, 0.15) is 0 Å². The third-order valence-corrected chi connectivity index (χ3v) is 3.00. The van der Waals surface area contributed by atoms with Crippen LogP contribution in [0.15, 0.2) is 0 Å². The zero-order valence-corrected chi connectivity index (χ0v) is 12.8. The Morgan fingerprint density at radius 3 is 2.80 bits per heavy atom. The van der Waals surface area contributed by atoms with Crippen LogP contribution in [0.2, 0.25) is 0 Å². The molecule has 0 amide bonds. The number of rotatable bonds is 12. The maximum atomic E-state index is 5.54. The molecule has 0 saturated heterocycles. The quantitative estimate of drug-likeness (QED) is 0.581. The van der Waals surface area contributed by atoms with Crippen LogP contribution >= 0.6 is 0 Å². The van der Waals surface area contributed by atoms with E-state index in [1.165, 1.54) is 6.42 Å². The predicted molar refractivity (Wildman–Crippen MR) is 76.5 cm³/mol. The van der Waals surface area contributed by atoms with E-state index in [-0.39, 0.29) is 6.04 Å². The van der Waals surface area contributed by atoms with Crippen molar-refractivity contribution in [1.82, 2.24) is 25.5 Å². The molecule has 7 heteroatoms. The lowest BCUT2D eigenvalue weighted by Gasteiger charge is -2.13. The van der Waals surface area contributed by atoms with Crippen LogP contribution in [0.25, 0.3) is 0 Å². The number of ether oxygens (including phenoxy) is 2. The van der Waals surface area contributed by atoms with E-state index < -0.39 is 0 Å². The van der Waals surface area contributed by atoms with E-state index >= 15 is 0 Å². The smallest absolute Gasteiger partial charge is 0.167 e. The van der Waals surface area contributed by atoms with Crippen molar-refractivity contribution in [2.75, 3.05) is 33.5 Å². The van der Waals surface area contributed by atoms with Crippen LogP contribution < -0.4 is 5.32 Å². The van der Waals surface area contributed by atoms with Crippen LogP contribution in [-0.4, -0.2) is 53.7 Å². The second kappa shape index (κ2) is 10.7. The molecular weight excluding hydrogens is 258 g/mol. The number of aromatic nitrogens is 4. The number of hydrogen-bond acceptors (Lipinski definition) is 6. The highest BCUT2D eigenvalue weighted by molar-refractivity contribution is 4.89. The maximum absolute atomic E-state index is 5.54. The first-order chi connectivity index (χ1) is 9.79. The molecule has 1 aromatic rings. The fraction of sp³-hybridized carbons (Fsp3) is 0.923. The topological polar surface area (TPSA) is 74.1 Å². The molecule has 1 aromatic heterocycles. The molecule has 0 fully saturated rings. The molecule has 20 heavy (non-hydrogen) atoms. The summed E-state index contributed by atoms with van der Waals surface area (Å²) in [5.41, 5.74) is 0. The van der Waals surface area contributed by atoms with Gasteiger partial charge in [0.15, 0.2) is 5.82 Å². The number of tetrazole rings is 1. The summed E-state index contributed by atoms with van der Waals surface area (Å²) in [7, 11) is 1.69. The van der Waals surface area contributed by atoms with Gasteiger partial charge in [-0.1, -0.05) is 13.3 Å². The maximum Gasteiger partial charge on any atom is 0.167 e. The summed E-state index contributed by atoms with van der Waals surface area (Å²) in [6, 6.07) is 0.112. The van der Waals surface area contributed by atoms with E-state index in [2.05, 4.69) is 34.7 Å². The summed E-state index contributed by atoms with van der Waals surface area (Å²) in [6.45, 7) is 8.05. The molecule has 0 aromatic carbocycles. The van der Waals surface area contributed by atoms with E-state index in [0.29, 0.717) is 6.61 Å². The summed E-state index contributed by atoms with van der Waals surface area (Å²) in [5, 5.41) is 15.2. The lowest BCUT2D eigenvalue weighted by atomic mass is 10.3. The number of hydrogen-bond donors (Lipinski definition) is 1. The van der Waals surface area contributed by atoms with Crippen molar-refractivity contribution in [3.05, 3.63) is 5.82 Å². The van der Waals surface area contributed by atoms with Gasteiger partial charge in [0.05, 0.1) is 12.6 Å². The Morgan fingerprint density at radius 2 is 2.05 bits per heavy atom. The van der Waals surface area contributed by atoms with E-state index in [0.717, 1.165) is 45.0 Å². The van der Waals surface area contributed by atoms with Crippen molar-refractivity contribution >= 4 is 0 Å². The Kier molecular flexibility index (Phi) is 9.10. The van der Waals surface area contributed by atoms with Gasteiger partial charge in [-0.3, -0.25) is 0 Å². The van der Waals surface area contributed by atoms with Crippen molar-refractivity contribution in [1.29, 1.82) is 0 Å². The standard InChI is InChI=1S/C13H27N5O2/c1-4-5-9-20-10-6-8-18-13(15-16-17-18)12(2)14-7-11-19-3/h12,14H,4-11H2,1-3H3. The minimum absolute atomic E-state index is 0.112. The summed E-state index contributed by atoms with van der Waals surface area (Å²) in [5.74, 6) is 0.856. The number of aryl methyl sites for hydroxylation is 1. The summed E-state index contributed by atoms with van der Waals surface area (Å²) >= 11 is 0. The SMILES string of the molecule is CCCCOCCCn1nnnc1C(C)NCCOC. The molecule has 0 aliphatic heterocycles. The van der Waals surface area contributed by atoms with E-state index in [1.807, 2.05) is 4.68 Å². The van der Waals surface area contributed by atoms with Crippen LogP contribution in [0.5, 0.6) is 0 Å². The van der Waals surface area contributed by atoms with Gasteiger partial charge in [-0.2, -0.15) is 0 Å². The first-order valence-corrected chi connectivity index (χ1v) is 7.35. The van der Waals surface area contributed by atoms with E-state index in [4.69, 9.17) is 9.47 Å². The molecule has 116 valence electrons. The minimum Gasteiger partial charge on any atom is -0.383 e. The van der Waals surface area contributed by atoms with Gasteiger partial charge in [0.25, 0.3) is 0 Å². The first kappa shape index (κ1) is 17.0. The fourth-order valence-electron chi connectivity index (χ4n) is 1.81. The van der Waals surface area contributed by atoms with E-state index in [1.54, 1.807) is 7.11 Å². The van der Waals surface area contributed by atoms with Gasteiger partial charge in [-0.05, 0) is 30.2 Å². The van der Waals surface area contributed by atoms with Crippen molar-refractivity contribution in [2.45, 2.75) is 45.7 Å². The lowest BCUT2D eigenvalue weighted by Crippen LogP contribution is -2.26. The fourth-order valence-corrected chi connectivity index (χ4v) is 1.81. The summed E-state index contributed by atoms with van der Waals surface area (Å²) in [4.78, 5) is 0. The van der Waals surface area contributed by atoms with Crippen molar-refractivity contribution in [3.63, 3.8) is 0 Å². The van der Waals surface area contributed by atoms with Gasteiger partial charge in [0, 0.05) is 33.4 Å². The lowest BCUT2D eigenvalue weighted by molar-refractivity contribution is 0.124. The Balaban J connectivity index is 2.27. The predicted octanol–water partition coefficient (Wildman–Crippen LogP) is 1.18. The highest BCUT2D eigenvalue weighted by Gasteiger charge is 2.13. The van der Waals surface area contributed by atoms with Gasteiger partial charge in [-0.25, -0.2) is 4.68 Å². The zero-order valence-electron chi connectivity index (χ0n) is 12.8. The second-order valence-electron chi connectivity index (χ2n) is 4.75. The van der Waals surface area contributed by atoms with Crippen LogP contribution in [0.1, 0.15) is 45.0 Å². The van der Waals surface area contributed by atoms with Gasteiger partial charge < -0.3 is 14.8 Å². The third kappa shape index (κ3) is 6.40. The Hall–Kier alpha value is -1.05. The zero-order chi connectivity index (χ0) is 14.6. The molecule has 0 bridgehead atoms. The second-order valence-corrected chi connectivity index (χ2v) is 4.75. The molecule has 7 nitrogen and oxygen atoms in total. The Bertz CT molecular complexity index is 345. The molecule has 1 rings (SSSR count). The molecule has 0 saturated carbocycles. The number of unbranched alkanes of at least 4 members (excludes halogenated alkanes) is 1. The molecule has 0 radical (unpaired) electrons. The largest absolute Gasteiger partial charge is 0.383 e. The monoisotopic (exact) mass is 285 g/mol. The molecule has 0 spiro atoms. The molecule has 0 aliphatic carbocycles. The first-order valence-electron chi connectivity index (χ1n) is 7.35. The third-order valence-electron chi connectivity index (χ3n) is 3.00. The van der Waals surface area contributed by atoms with E-state index in [9.17, 15) is 0 Å². The Labute approximate surface area is 121 Å². The Morgan fingerprint density at radius 1 is 1.25 bits per heavy atom. The number of nitrogens with one attached hydrogen (secondary N) is 1. The highest BCUT2D eigenvalue weighted by atomic mass is 16.5. The number of methoxy groups -OCH3 is 1. The molecule has 1 N–H and O–H groups in total. The van der Waals surface area contributed by atoms with Crippen molar-refractivity contribution in [3.8, 4) is 0 Å². The van der Waals surface area contributed by atoms with Gasteiger partial charge in [0.2, 0.25) is 0 Å². The van der Waals surface area contributed by atoms with Crippen LogP contribution in [0, 0.1) is 0 Å². The van der Waals surface area contributed by atoms with Crippen LogP contribution in [-0.2, 0) is 16.0 Å². The molecular formula is C13H27N5O2. The van der Waals surface area contributed by atoms with Crippen molar-refractivity contribution in [2.24, 2.45) is 0 Å². The van der Waals surface area contributed by atoms with Gasteiger partial charge >= 0.3 is 0 Å². The van der Waals surface area contributed by atoms with Crippen LogP contribution in [0.3, 0.4) is 0 Å². The molecule has 0 aliphatic rings. The van der Waals surface area contributed by atoms with Crippen molar-refractivity contribution < 1.29 is 9.47 Å².